The van der Waals surface area contributed by atoms with Crippen LogP contribution < -0.4 is 10.2 Å². The second-order valence-electron chi connectivity index (χ2n) is 5.32. The Morgan fingerprint density at radius 3 is 3.00 bits per heavy atom. The summed E-state index contributed by atoms with van der Waals surface area (Å²) in [5, 5.41) is 3.45. The van der Waals surface area contributed by atoms with Crippen molar-refractivity contribution in [3.63, 3.8) is 0 Å². The minimum Gasteiger partial charge on any atom is -0.312 e. The van der Waals surface area contributed by atoms with E-state index in [1.165, 1.54) is 16.9 Å². The van der Waals surface area contributed by atoms with E-state index in [2.05, 4.69) is 35.3 Å². The van der Waals surface area contributed by atoms with Crippen LogP contribution >= 0.6 is 23.7 Å². The number of piperazine rings is 1. The lowest BCUT2D eigenvalue weighted by Gasteiger charge is -2.31. The van der Waals surface area contributed by atoms with E-state index in [-0.39, 0.29) is 17.3 Å². The molecule has 1 saturated heterocycles. The number of aromatic nitrogens is 1. The molecule has 1 aliphatic heterocycles. The molecule has 2 heterocycles. The van der Waals surface area contributed by atoms with Gasteiger partial charge in [0.2, 0.25) is 0 Å². The summed E-state index contributed by atoms with van der Waals surface area (Å²) < 4.78 is 2.81. The Bertz CT molecular complexity index is 651. The Morgan fingerprint density at radius 2 is 2.25 bits per heavy atom. The lowest BCUT2D eigenvalue weighted by Crippen LogP contribution is -2.48. The first-order valence-electron chi connectivity index (χ1n) is 6.67. The lowest BCUT2D eigenvalue weighted by atomic mass is 10.1. The third-order valence-electron chi connectivity index (χ3n) is 3.72. The molecule has 3 rings (SSSR count). The Morgan fingerprint density at radius 1 is 1.45 bits per heavy atom. The van der Waals surface area contributed by atoms with Crippen LogP contribution in [0.15, 0.2) is 23.0 Å². The van der Waals surface area contributed by atoms with Gasteiger partial charge < -0.3 is 9.88 Å². The molecule has 0 bridgehead atoms. The van der Waals surface area contributed by atoms with Crippen molar-refractivity contribution in [1.82, 2.24) is 14.8 Å². The smallest absolute Gasteiger partial charge is 0.307 e. The summed E-state index contributed by atoms with van der Waals surface area (Å²) in [5.74, 6) is 0. The van der Waals surface area contributed by atoms with Gasteiger partial charge in [-0.05, 0) is 24.6 Å². The molecule has 1 aromatic heterocycles. The van der Waals surface area contributed by atoms with Crippen molar-refractivity contribution < 1.29 is 0 Å². The Balaban J connectivity index is 0.00000147. The molecule has 1 atom stereocenters. The largest absolute Gasteiger partial charge is 0.312 e. The van der Waals surface area contributed by atoms with Crippen molar-refractivity contribution in [2.75, 3.05) is 19.6 Å². The molecular formula is C14H20ClN3OS. The fourth-order valence-corrected chi connectivity index (χ4v) is 3.63. The standard InChI is InChI=1S/C14H19N3OS.ClH/c1-10-8-17(6-5-15-10)9-11-3-4-12-13(7-11)19-14(18)16(12)2;/h3-4,7,10,15H,5-6,8-9H2,1-2H3;1H. The second-order valence-corrected chi connectivity index (χ2v) is 6.31. The van der Waals surface area contributed by atoms with Gasteiger partial charge in [0.15, 0.2) is 0 Å². The van der Waals surface area contributed by atoms with E-state index in [4.69, 9.17) is 0 Å². The molecule has 0 saturated carbocycles. The highest BCUT2D eigenvalue weighted by Gasteiger charge is 2.15. The Kier molecular flexibility index (Phi) is 4.86. The summed E-state index contributed by atoms with van der Waals surface area (Å²) in [6, 6.07) is 6.92. The molecule has 0 amide bonds. The van der Waals surface area contributed by atoms with Gasteiger partial charge in [-0.2, -0.15) is 0 Å². The number of hydrogen-bond donors (Lipinski definition) is 1. The van der Waals surface area contributed by atoms with Crippen LogP contribution in [0.4, 0.5) is 0 Å². The molecule has 1 aromatic carbocycles. The molecule has 20 heavy (non-hydrogen) atoms. The molecule has 6 heteroatoms. The van der Waals surface area contributed by atoms with Crippen molar-refractivity contribution in [2.45, 2.75) is 19.5 Å². The van der Waals surface area contributed by atoms with Crippen LogP contribution in [0.2, 0.25) is 0 Å². The van der Waals surface area contributed by atoms with Crippen LogP contribution in [-0.4, -0.2) is 35.1 Å². The predicted octanol–water partition coefficient (Wildman–Crippen LogP) is 1.82. The summed E-state index contributed by atoms with van der Waals surface area (Å²) in [6.45, 7) is 6.43. The lowest BCUT2D eigenvalue weighted by molar-refractivity contribution is 0.200. The quantitative estimate of drug-likeness (QED) is 0.919. The van der Waals surface area contributed by atoms with Gasteiger partial charge in [-0.25, -0.2) is 0 Å². The van der Waals surface area contributed by atoms with Gasteiger partial charge in [-0.3, -0.25) is 9.69 Å². The van der Waals surface area contributed by atoms with Gasteiger partial charge in [0, 0.05) is 39.3 Å². The number of nitrogens with zero attached hydrogens (tertiary/aromatic N) is 2. The van der Waals surface area contributed by atoms with E-state index in [1.54, 1.807) is 4.57 Å². The molecule has 1 unspecified atom stereocenters. The highest BCUT2D eigenvalue weighted by molar-refractivity contribution is 7.16. The molecule has 1 N–H and O–H groups in total. The van der Waals surface area contributed by atoms with Gasteiger partial charge in [-0.15, -0.1) is 12.4 Å². The molecule has 4 nitrogen and oxygen atoms in total. The number of thiazole rings is 1. The SMILES string of the molecule is CC1CN(Cc2ccc3c(c2)sc(=O)n3C)CCN1.Cl. The van der Waals surface area contributed by atoms with Crippen LogP contribution in [0.5, 0.6) is 0 Å². The van der Waals surface area contributed by atoms with Gasteiger partial charge in [0.05, 0.1) is 10.2 Å². The van der Waals surface area contributed by atoms with Crippen molar-refractivity contribution in [2.24, 2.45) is 7.05 Å². The van der Waals surface area contributed by atoms with E-state index in [1.807, 2.05) is 7.05 Å². The number of benzene rings is 1. The molecule has 1 aliphatic rings. The molecule has 0 spiro atoms. The highest BCUT2D eigenvalue weighted by atomic mass is 35.5. The van der Waals surface area contributed by atoms with Gasteiger partial charge in [0.25, 0.3) is 0 Å². The third kappa shape index (κ3) is 3.06. The molecule has 2 aromatic rings. The summed E-state index contributed by atoms with van der Waals surface area (Å²) in [4.78, 5) is 14.2. The maximum absolute atomic E-state index is 11.6. The van der Waals surface area contributed by atoms with Crippen LogP contribution in [-0.2, 0) is 13.6 Å². The van der Waals surface area contributed by atoms with E-state index in [9.17, 15) is 4.79 Å². The van der Waals surface area contributed by atoms with Gasteiger partial charge in [-0.1, -0.05) is 17.4 Å². The average molecular weight is 314 g/mol. The first kappa shape index (κ1) is 15.5. The van der Waals surface area contributed by atoms with Crippen LogP contribution in [0.1, 0.15) is 12.5 Å². The number of rotatable bonds is 2. The van der Waals surface area contributed by atoms with Crippen molar-refractivity contribution in [1.29, 1.82) is 0 Å². The van der Waals surface area contributed by atoms with E-state index < -0.39 is 0 Å². The molecule has 0 radical (unpaired) electrons. The van der Waals surface area contributed by atoms with E-state index in [0.717, 1.165) is 36.4 Å². The van der Waals surface area contributed by atoms with E-state index >= 15 is 0 Å². The average Bonchev–Trinajstić information content (AvgIpc) is 2.65. The fraction of sp³-hybridized carbons (Fsp3) is 0.500. The van der Waals surface area contributed by atoms with Gasteiger partial charge in [0.1, 0.15) is 0 Å². The number of hydrogen-bond acceptors (Lipinski definition) is 4. The zero-order valence-electron chi connectivity index (χ0n) is 11.8. The van der Waals surface area contributed by atoms with Crippen LogP contribution in [0.3, 0.4) is 0 Å². The van der Waals surface area contributed by atoms with Crippen molar-refractivity contribution >= 4 is 34.0 Å². The summed E-state index contributed by atoms with van der Waals surface area (Å²) in [5.41, 5.74) is 2.33. The first-order valence-corrected chi connectivity index (χ1v) is 7.49. The summed E-state index contributed by atoms with van der Waals surface area (Å²) in [7, 11) is 1.83. The van der Waals surface area contributed by atoms with E-state index in [0.29, 0.717) is 6.04 Å². The zero-order chi connectivity index (χ0) is 13.4. The fourth-order valence-electron chi connectivity index (χ4n) is 2.69. The first-order chi connectivity index (χ1) is 9.13. The Hall–Kier alpha value is -0.880. The van der Waals surface area contributed by atoms with Crippen molar-refractivity contribution in [3.8, 4) is 0 Å². The molecule has 110 valence electrons. The third-order valence-corrected chi connectivity index (χ3v) is 4.71. The topological polar surface area (TPSA) is 37.3 Å². The molecule has 0 aliphatic carbocycles. The monoisotopic (exact) mass is 313 g/mol. The van der Waals surface area contributed by atoms with Crippen LogP contribution in [0, 0.1) is 0 Å². The number of nitrogens with one attached hydrogen (secondary N) is 1. The van der Waals surface area contributed by atoms with Gasteiger partial charge >= 0.3 is 4.87 Å². The number of aryl methyl sites for hydroxylation is 1. The van der Waals surface area contributed by atoms with Crippen molar-refractivity contribution in [3.05, 3.63) is 33.4 Å². The normalized spacial score (nSPS) is 20.0. The Labute approximate surface area is 128 Å². The minimum absolute atomic E-state index is 0. The maximum atomic E-state index is 11.6. The predicted molar refractivity (Wildman–Crippen MR) is 87.1 cm³/mol. The molecular weight excluding hydrogens is 294 g/mol. The number of halogens is 1. The zero-order valence-corrected chi connectivity index (χ0v) is 13.4. The highest BCUT2D eigenvalue weighted by Crippen LogP contribution is 2.19. The minimum atomic E-state index is 0. The molecule has 1 fully saturated rings. The maximum Gasteiger partial charge on any atom is 0.307 e. The number of fused-ring (bicyclic) bond motifs is 1. The summed E-state index contributed by atoms with van der Waals surface area (Å²) >= 11 is 1.33. The summed E-state index contributed by atoms with van der Waals surface area (Å²) in [6.07, 6.45) is 0. The van der Waals surface area contributed by atoms with Crippen LogP contribution in [0.25, 0.3) is 10.2 Å². The second kappa shape index (κ2) is 6.26.